The third-order valence-electron chi connectivity index (χ3n) is 4.70. The van der Waals surface area contributed by atoms with Crippen molar-refractivity contribution in [2.75, 3.05) is 19.6 Å². The lowest BCUT2D eigenvalue weighted by atomic mass is 10.00. The predicted octanol–water partition coefficient (Wildman–Crippen LogP) is 2.04. The highest BCUT2D eigenvalue weighted by Crippen LogP contribution is 2.25. The van der Waals surface area contributed by atoms with E-state index in [0.29, 0.717) is 36.7 Å². The average Bonchev–Trinajstić information content (AvgIpc) is 2.95. The van der Waals surface area contributed by atoms with E-state index in [9.17, 15) is 14.4 Å². The SMILES string of the molecule is CC(C)(Oc1ccc(Cl)cc1)C(=O)N1CCC(N2C(=O)CNC2=O)CC1. The number of halogens is 1. The van der Waals surface area contributed by atoms with Gasteiger partial charge in [0.1, 0.15) is 5.75 Å². The van der Waals surface area contributed by atoms with Crippen molar-refractivity contribution in [2.45, 2.75) is 38.3 Å². The number of carbonyl (C=O) groups excluding carboxylic acids is 3. The van der Waals surface area contributed by atoms with Gasteiger partial charge >= 0.3 is 6.03 Å². The Morgan fingerprint density at radius 2 is 1.81 bits per heavy atom. The summed E-state index contributed by atoms with van der Waals surface area (Å²) >= 11 is 5.87. The third-order valence-corrected chi connectivity index (χ3v) is 4.95. The Balaban J connectivity index is 1.59. The molecule has 0 radical (unpaired) electrons. The van der Waals surface area contributed by atoms with Gasteiger partial charge in [0.2, 0.25) is 5.91 Å². The molecule has 2 aliphatic heterocycles. The fraction of sp³-hybridized carbons (Fsp3) is 0.500. The monoisotopic (exact) mass is 379 g/mol. The molecule has 2 aliphatic rings. The molecule has 26 heavy (non-hydrogen) atoms. The van der Waals surface area contributed by atoms with Crippen LogP contribution in [0, 0.1) is 0 Å². The highest BCUT2D eigenvalue weighted by Gasteiger charge is 2.40. The standard InChI is InChI=1S/C18H22ClN3O4/c1-18(2,26-14-5-3-12(19)4-6-14)16(24)21-9-7-13(8-10-21)22-15(23)11-20-17(22)25/h3-6,13H,7-11H2,1-2H3,(H,20,25). The Hall–Kier alpha value is -2.28. The summed E-state index contributed by atoms with van der Waals surface area (Å²) in [4.78, 5) is 39.5. The van der Waals surface area contributed by atoms with Crippen LogP contribution in [0.1, 0.15) is 26.7 Å². The number of hydrogen-bond donors (Lipinski definition) is 1. The van der Waals surface area contributed by atoms with E-state index in [0.717, 1.165) is 0 Å². The fourth-order valence-electron chi connectivity index (χ4n) is 3.35. The first-order valence-electron chi connectivity index (χ1n) is 8.62. The lowest BCUT2D eigenvalue weighted by Crippen LogP contribution is -2.54. The second kappa shape index (κ2) is 7.15. The number of benzene rings is 1. The van der Waals surface area contributed by atoms with Crippen molar-refractivity contribution in [1.82, 2.24) is 15.1 Å². The van der Waals surface area contributed by atoms with E-state index >= 15 is 0 Å². The zero-order valence-electron chi connectivity index (χ0n) is 14.8. The molecule has 1 aromatic carbocycles. The number of amides is 4. The molecule has 1 aromatic rings. The minimum atomic E-state index is -1.03. The van der Waals surface area contributed by atoms with Crippen LogP contribution in [0.15, 0.2) is 24.3 Å². The molecule has 2 fully saturated rings. The molecule has 0 unspecified atom stereocenters. The molecule has 0 aromatic heterocycles. The summed E-state index contributed by atoms with van der Waals surface area (Å²) in [6, 6.07) is 6.37. The Labute approximate surface area is 157 Å². The molecule has 0 bridgehead atoms. The highest BCUT2D eigenvalue weighted by atomic mass is 35.5. The number of piperidine rings is 1. The van der Waals surface area contributed by atoms with E-state index in [2.05, 4.69) is 5.32 Å². The van der Waals surface area contributed by atoms with E-state index < -0.39 is 5.60 Å². The minimum Gasteiger partial charge on any atom is -0.478 e. The zero-order chi connectivity index (χ0) is 18.9. The minimum absolute atomic E-state index is 0.0555. The van der Waals surface area contributed by atoms with Crippen LogP contribution in [0.25, 0.3) is 0 Å². The number of rotatable bonds is 4. The van der Waals surface area contributed by atoms with Crippen molar-refractivity contribution in [3.63, 3.8) is 0 Å². The van der Waals surface area contributed by atoms with Crippen LogP contribution in [0.4, 0.5) is 4.79 Å². The maximum atomic E-state index is 12.9. The summed E-state index contributed by atoms with van der Waals surface area (Å²) in [7, 11) is 0. The first-order chi connectivity index (χ1) is 12.3. The number of nitrogens with one attached hydrogen (secondary N) is 1. The van der Waals surface area contributed by atoms with Crippen LogP contribution in [-0.4, -0.2) is 58.9 Å². The molecule has 0 saturated carbocycles. The molecule has 7 nitrogen and oxygen atoms in total. The van der Waals surface area contributed by atoms with Crippen LogP contribution in [0.2, 0.25) is 5.02 Å². The van der Waals surface area contributed by atoms with Gasteiger partial charge in [-0.2, -0.15) is 0 Å². The van der Waals surface area contributed by atoms with Crippen LogP contribution in [-0.2, 0) is 9.59 Å². The predicted molar refractivity (Wildman–Crippen MR) is 96.0 cm³/mol. The van der Waals surface area contributed by atoms with Gasteiger partial charge in [-0.1, -0.05) is 11.6 Å². The average molecular weight is 380 g/mol. The van der Waals surface area contributed by atoms with Gasteiger partial charge in [-0.25, -0.2) is 4.79 Å². The van der Waals surface area contributed by atoms with Gasteiger partial charge < -0.3 is 15.0 Å². The third kappa shape index (κ3) is 3.77. The van der Waals surface area contributed by atoms with E-state index in [1.54, 1.807) is 43.0 Å². The van der Waals surface area contributed by atoms with Gasteiger partial charge in [0.15, 0.2) is 5.60 Å². The van der Waals surface area contributed by atoms with Crippen LogP contribution >= 0.6 is 11.6 Å². The van der Waals surface area contributed by atoms with E-state index in [4.69, 9.17) is 16.3 Å². The maximum Gasteiger partial charge on any atom is 0.324 e. The second-order valence-electron chi connectivity index (χ2n) is 7.01. The summed E-state index contributed by atoms with van der Waals surface area (Å²) in [6.07, 6.45) is 1.14. The number of urea groups is 1. The molecule has 140 valence electrons. The van der Waals surface area contributed by atoms with Crippen molar-refractivity contribution in [3.05, 3.63) is 29.3 Å². The van der Waals surface area contributed by atoms with Crippen molar-refractivity contribution in [3.8, 4) is 5.75 Å². The quantitative estimate of drug-likeness (QED) is 0.812. The molecule has 4 amide bonds. The number of hydrogen-bond acceptors (Lipinski definition) is 4. The van der Waals surface area contributed by atoms with Crippen molar-refractivity contribution in [2.24, 2.45) is 0 Å². The lowest BCUT2D eigenvalue weighted by Gasteiger charge is -2.38. The number of likely N-dealkylation sites (tertiary alicyclic amines) is 1. The molecular weight excluding hydrogens is 358 g/mol. The van der Waals surface area contributed by atoms with Crippen LogP contribution in [0.5, 0.6) is 5.75 Å². The lowest BCUT2D eigenvalue weighted by molar-refractivity contribution is -0.147. The van der Waals surface area contributed by atoms with Crippen molar-refractivity contribution >= 4 is 29.4 Å². The van der Waals surface area contributed by atoms with Gasteiger partial charge in [0, 0.05) is 24.2 Å². The van der Waals surface area contributed by atoms with Gasteiger partial charge in [0.05, 0.1) is 6.54 Å². The Bertz CT molecular complexity index is 696. The van der Waals surface area contributed by atoms with Gasteiger partial charge in [0.25, 0.3) is 5.91 Å². The number of nitrogens with zero attached hydrogens (tertiary/aromatic N) is 2. The maximum absolute atomic E-state index is 12.9. The Morgan fingerprint density at radius 1 is 1.19 bits per heavy atom. The van der Waals surface area contributed by atoms with Crippen molar-refractivity contribution < 1.29 is 19.1 Å². The molecule has 2 heterocycles. The summed E-state index contributed by atoms with van der Waals surface area (Å²) in [5.74, 6) is 0.247. The normalized spacial score (nSPS) is 18.9. The number of carbonyl (C=O) groups is 3. The zero-order valence-corrected chi connectivity index (χ0v) is 15.6. The van der Waals surface area contributed by atoms with Gasteiger partial charge in [-0.3, -0.25) is 14.5 Å². The first kappa shape index (κ1) is 18.5. The van der Waals surface area contributed by atoms with Gasteiger partial charge in [-0.05, 0) is 51.0 Å². The van der Waals surface area contributed by atoms with Crippen LogP contribution in [0.3, 0.4) is 0 Å². The summed E-state index contributed by atoms with van der Waals surface area (Å²) in [5, 5.41) is 3.13. The summed E-state index contributed by atoms with van der Waals surface area (Å²) < 4.78 is 5.85. The second-order valence-corrected chi connectivity index (χ2v) is 7.45. The molecule has 0 aliphatic carbocycles. The summed E-state index contributed by atoms with van der Waals surface area (Å²) in [6.45, 7) is 4.48. The molecule has 2 saturated heterocycles. The molecule has 3 rings (SSSR count). The van der Waals surface area contributed by atoms with Crippen molar-refractivity contribution in [1.29, 1.82) is 0 Å². The first-order valence-corrected chi connectivity index (χ1v) is 8.99. The van der Waals surface area contributed by atoms with E-state index in [1.165, 1.54) is 4.90 Å². The number of imide groups is 1. The molecule has 0 atom stereocenters. The molecule has 0 spiro atoms. The molecular formula is C18H22ClN3O4. The molecule has 8 heteroatoms. The fourth-order valence-corrected chi connectivity index (χ4v) is 3.48. The summed E-state index contributed by atoms with van der Waals surface area (Å²) in [5.41, 5.74) is -1.03. The number of ether oxygens (including phenoxy) is 1. The molecule has 1 N–H and O–H groups in total. The smallest absolute Gasteiger partial charge is 0.324 e. The van der Waals surface area contributed by atoms with E-state index in [1.807, 2.05) is 0 Å². The highest BCUT2D eigenvalue weighted by molar-refractivity contribution is 6.30. The largest absolute Gasteiger partial charge is 0.478 e. The Morgan fingerprint density at radius 3 is 2.35 bits per heavy atom. The van der Waals surface area contributed by atoms with Crippen LogP contribution < -0.4 is 10.1 Å². The van der Waals surface area contributed by atoms with Gasteiger partial charge in [-0.15, -0.1) is 0 Å². The van der Waals surface area contributed by atoms with E-state index in [-0.39, 0.29) is 30.4 Å². The topological polar surface area (TPSA) is 79.0 Å². The Kier molecular flexibility index (Phi) is 5.09.